The predicted molar refractivity (Wildman–Crippen MR) is 128 cm³/mol. The molecular formula is C25H22ClN3O4. The Hall–Kier alpha value is -3.68. The Morgan fingerprint density at radius 1 is 0.939 bits per heavy atom. The lowest BCUT2D eigenvalue weighted by atomic mass is 9.86. The molecule has 3 aromatic carbocycles. The highest BCUT2D eigenvalue weighted by Crippen LogP contribution is 2.46. The Morgan fingerprint density at radius 2 is 1.61 bits per heavy atom. The van der Waals surface area contributed by atoms with Crippen molar-refractivity contribution in [3.63, 3.8) is 0 Å². The fourth-order valence-electron chi connectivity index (χ4n) is 4.05. The number of benzene rings is 3. The number of rotatable bonds is 7. The number of ether oxygens (including phenoxy) is 2. The molecule has 0 spiro atoms. The topological polar surface area (TPSA) is 107 Å². The van der Waals surface area contributed by atoms with E-state index in [4.69, 9.17) is 26.8 Å². The molecule has 1 heterocycles. The van der Waals surface area contributed by atoms with E-state index in [1.54, 1.807) is 24.3 Å². The van der Waals surface area contributed by atoms with Crippen molar-refractivity contribution in [3.8, 4) is 33.9 Å². The van der Waals surface area contributed by atoms with Crippen LogP contribution in [0.4, 0.5) is 0 Å². The second-order valence-electron chi connectivity index (χ2n) is 7.47. The van der Waals surface area contributed by atoms with Gasteiger partial charge in [-0.2, -0.15) is 5.10 Å². The molecule has 1 atom stereocenters. The van der Waals surface area contributed by atoms with E-state index in [9.17, 15) is 9.59 Å². The molecule has 0 bridgehead atoms. The van der Waals surface area contributed by atoms with Crippen LogP contribution in [0.25, 0.3) is 33.2 Å². The summed E-state index contributed by atoms with van der Waals surface area (Å²) in [5.41, 5.74) is 8.91. The minimum atomic E-state index is -0.912. The van der Waals surface area contributed by atoms with E-state index >= 15 is 0 Å². The van der Waals surface area contributed by atoms with Crippen LogP contribution in [0.1, 0.15) is 29.0 Å². The summed E-state index contributed by atoms with van der Waals surface area (Å²) < 4.78 is 11.2. The second-order valence-corrected chi connectivity index (χ2v) is 7.82. The van der Waals surface area contributed by atoms with E-state index in [-0.39, 0.29) is 11.5 Å². The molecule has 8 heteroatoms. The first-order valence-corrected chi connectivity index (χ1v) is 10.5. The Labute approximate surface area is 195 Å². The number of H-pyrrole nitrogens is 1. The molecule has 1 aromatic heterocycles. The van der Waals surface area contributed by atoms with Crippen LogP contribution in [0.3, 0.4) is 0 Å². The second kappa shape index (κ2) is 9.05. The van der Waals surface area contributed by atoms with Crippen molar-refractivity contribution < 1.29 is 19.1 Å². The first-order chi connectivity index (χ1) is 15.9. The number of fused-ring (bicyclic) bond motifs is 1. The summed E-state index contributed by atoms with van der Waals surface area (Å²) in [4.78, 5) is 24.8. The van der Waals surface area contributed by atoms with E-state index in [0.29, 0.717) is 39.4 Å². The van der Waals surface area contributed by atoms with Gasteiger partial charge in [0.15, 0.2) is 11.5 Å². The minimum absolute atomic E-state index is 0.00739. The van der Waals surface area contributed by atoms with Crippen molar-refractivity contribution in [2.45, 2.75) is 13.0 Å². The Balaban J connectivity index is 2.19. The SMILES string of the molecule is COc1cccc(OC)c1-c1[nH]nc(C(=O)Cl)c1-c1c(C(N)C(C)=O)ccc2ccccc12. The fraction of sp³-hybridized carbons (Fsp3) is 0.160. The zero-order valence-corrected chi connectivity index (χ0v) is 19.1. The van der Waals surface area contributed by atoms with Crippen LogP contribution in [0.15, 0.2) is 54.6 Å². The van der Waals surface area contributed by atoms with Gasteiger partial charge in [0.25, 0.3) is 5.24 Å². The highest BCUT2D eigenvalue weighted by atomic mass is 35.5. The Bertz CT molecular complexity index is 1360. The number of carbonyl (C=O) groups is 2. The summed E-state index contributed by atoms with van der Waals surface area (Å²) >= 11 is 5.97. The zero-order chi connectivity index (χ0) is 23.7. The monoisotopic (exact) mass is 463 g/mol. The van der Waals surface area contributed by atoms with E-state index < -0.39 is 11.3 Å². The maximum absolute atomic E-state index is 12.5. The average Bonchev–Trinajstić information content (AvgIpc) is 3.26. The number of aromatic nitrogens is 2. The van der Waals surface area contributed by atoms with Crippen molar-refractivity contribution in [1.82, 2.24) is 10.2 Å². The minimum Gasteiger partial charge on any atom is -0.496 e. The largest absolute Gasteiger partial charge is 0.496 e. The van der Waals surface area contributed by atoms with E-state index in [2.05, 4.69) is 10.2 Å². The first-order valence-electron chi connectivity index (χ1n) is 10.2. The van der Waals surface area contributed by atoms with E-state index in [1.807, 2.05) is 30.3 Å². The van der Waals surface area contributed by atoms with Crippen molar-refractivity contribution >= 4 is 33.4 Å². The van der Waals surface area contributed by atoms with Crippen molar-refractivity contribution in [2.24, 2.45) is 5.73 Å². The van der Waals surface area contributed by atoms with Gasteiger partial charge < -0.3 is 15.2 Å². The molecule has 0 aliphatic rings. The lowest BCUT2D eigenvalue weighted by Gasteiger charge is -2.19. The summed E-state index contributed by atoms with van der Waals surface area (Å²) in [6.07, 6.45) is 0. The molecule has 7 nitrogen and oxygen atoms in total. The van der Waals surface area contributed by atoms with Crippen LogP contribution in [0.2, 0.25) is 0 Å². The van der Waals surface area contributed by atoms with Gasteiger partial charge in [0, 0.05) is 5.56 Å². The number of ketones is 1. The van der Waals surface area contributed by atoms with Gasteiger partial charge in [-0.1, -0.05) is 42.5 Å². The Morgan fingerprint density at radius 3 is 2.21 bits per heavy atom. The quantitative estimate of drug-likeness (QED) is 0.378. The standard InChI is InChI=1S/C25H22ClN3O4/c1-13(30)22(27)16-12-11-14-7-4-5-8-15(14)19(16)21-23(28-29-24(21)25(26)31)20-17(32-2)9-6-10-18(20)33-3/h4-12,22H,27H2,1-3H3,(H,28,29). The summed E-state index contributed by atoms with van der Waals surface area (Å²) in [5.74, 6) is 0.793. The molecule has 3 N–H and O–H groups in total. The number of hydrogen-bond acceptors (Lipinski definition) is 6. The van der Waals surface area contributed by atoms with Crippen LogP contribution in [-0.4, -0.2) is 35.4 Å². The third-order valence-corrected chi connectivity index (χ3v) is 5.79. The predicted octanol–water partition coefficient (Wildman–Crippen LogP) is 4.88. The molecule has 0 fully saturated rings. The molecule has 0 aliphatic carbocycles. The van der Waals surface area contributed by atoms with Crippen LogP contribution < -0.4 is 15.2 Å². The molecule has 0 amide bonds. The molecule has 0 radical (unpaired) electrons. The van der Waals surface area contributed by atoms with Gasteiger partial charge >= 0.3 is 0 Å². The number of carbonyl (C=O) groups excluding carboxylic acids is 2. The number of nitrogens with two attached hydrogens (primary N) is 1. The van der Waals surface area contributed by atoms with Crippen molar-refractivity contribution in [3.05, 3.63) is 65.9 Å². The fourth-order valence-corrected chi connectivity index (χ4v) is 4.19. The smallest absolute Gasteiger partial charge is 0.273 e. The zero-order valence-electron chi connectivity index (χ0n) is 18.3. The van der Waals surface area contributed by atoms with Gasteiger partial charge in [0.2, 0.25) is 0 Å². The lowest BCUT2D eigenvalue weighted by molar-refractivity contribution is -0.118. The highest BCUT2D eigenvalue weighted by molar-refractivity contribution is 6.68. The van der Waals surface area contributed by atoms with Gasteiger partial charge in [0.05, 0.1) is 31.5 Å². The Kier molecular flexibility index (Phi) is 6.18. The molecule has 168 valence electrons. The van der Waals surface area contributed by atoms with Gasteiger partial charge in [-0.05, 0) is 52.6 Å². The summed E-state index contributed by atoms with van der Waals surface area (Å²) in [5, 5.41) is 8.11. The van der Waals surface area contributed by atoms with Gasteiger partial charge in [-0.3, -0.25) is 14.7 Å². The molecule has 0 saturated carbocycles. The van der Waals surface area contributed by atoms with Crippen LogP contribution in [0, 0.1) is 0 Å². The number of methoxy groups -OCH3 is 2. The normalized spacial score (nSPS) is 11.9. The molecular weight excluding hydrogens is 442 g/mol. The number of hydrogen-bond donors (Lipinski definition) is 2. The number of halogens is 1. The van der Waals surface area contributed by atoms with E-state index in [1.165, 1.54) is 21.1 Å². The third-order valence-electron chi connectivity index (χ3n) is 5.61. The van der Waals surface area contributed by atoms with Crippen molar-refractivity contribution in [1.29, 1.82) is 0 Å². The third kappa shape index (κ3) is 3.86. The average molecular weight is 464 g/mol. The number of Topliss-reactive ketones (excluding diaryl/α,β-unsaturated/α-hetero) is 1. The molecule has 0 saturated heterocycles. The molecule has 0 aliphatic heterocycles. The maximum Gasteiger partial charge on any atom is 0.273 e. The molecule has 4 aromatic rings. The summed E-state index contributed by atoms with van der Waals surface area (Å²) in [6, 6.07) is 15.7. The summed E-state index contributed by atoms with van der Waals surface area (Å²) in [6.45, 7) is 1.43. The van der Waals surface area contributed by atoms with Crippen molar-refractivity contribution in [2.75, 3.05) is 14.2 Å². The maximum atomic E-state index is 12.5. The van der Waals surface area contributed by atoms with Crippen LogP contribution in [0.5, 0.6) is 11.5 Å². The molecule has 1 unspecified atom stereocenters. The lowest BCUT2D eigenvalue weighted by Crippen LogP contribution is -2.19. The highest BCUT2D eigenvalue weighted by Gasteiger charge is 2.29. The first kappa shape index (κ1) is 22.5. The summed E-state index contributed by atoms with van der Waals surface area (Å²) in [7, 11) is 3.08. The molecule has 4 rings (SSSR count). The van der Waals surface area contributed by atoms with E-state index in [0.717, 1.165) is 10.8 Å². The van der Waals surface area contributed by atoms with Gasteiger partial charge in [-0.25, -0.2) is 0 Å². The van der Waals surface area contributed by atoms with Crippen LogP contribution >= 0.6 is 11.6 Å². The van der Waals surface area contributed by atoms with Gasteiger partial charge in [-0.15, -0.1) is 0 Å². The van der Waals surface area contributed by atoms with Crippen LogP contribution in [-0.2, 0) is 4.79 Å². The number of aromatic amines is 1. The van der Waals surface area contributed by atoms with Gasteiger partial charge in [0.1, 0.15) is 11.5 Å². The number of nitrogens with zero attached hydrogens (tertiary/aromatic N) is 1. The molecule has 33 heavy (non-hydrogen) atoms. The number of nitrogens with one attached hydrogen (secondary N) is 1.